The van der Waals surface area contributed by atoms with E-state index in [-0.39, 0.29) is 30.5 Å². The molecule has 2 atom stereocenters. The Labute approximate surface area is 123 Å². The van der Waals surface area contributed by atoms with Crippen molar-refractivity contribution >= 4 is 34.9 Å². The van der Waals surface area contributed by atoms with Crippen LogP contribution in [-0.2, 0) is 9.53 Å². The van der Waals surface area contributed by atoms with Gasteiger partial charge in [-0.1, -0.05) is 0 Å². The Morgan fingerprint density at radius 2 is 2.25 bits per heavy atom. The molecule has 2 heterocycles. The fraction of sp³-hybridized carbons (Fsp3) is 0.357. The zero-order valence-electron chi connectivity index (χ0n) is 11.0. The monoisotopic (exact) mass is 295 g/mol. The number of carbonyl (C=O) groups is 1. The van der Waals surface area contributed by atoms with Crippen LogP contribution in [-0.4, -0.2) is 29.6 Å². The Bertz CT molecular complexity index is 599. The number of fused-ring (bicyclic) bond motifs is 1. The zero-order valence-corrected chi connectivity index (χ0v) is 11.8. The lowest BCUT2D eigenvalue weighted by Crippen LogP contribution is -2.29. The maximum Gasteiger partial charge on any atom is 0.253 e. The van der Waals surface area contributed by atoms with Crippen molar-refractivity contribution in [3.05, 3.63) is 30.5 Å². The van der Waals surface area contributed by atoms with Crippen molar-refractivity contribution in [3.8, 4) is 0 Å². The van der Waals surface area contributed by atoms with Gasteiger partial charge in [-0.25, -0.2) is 0 Å². The highest BCUT2D eigenvalue weighted by molar-refractivity contribution is 5.96. The number of rotatable bonds is 3. The number of hydrogen-bond acceptors (Lipinski definition) is 3. The van der Waals surface area contributed by atoms with Crippen LogP contribution in [0.15, 0.2) is 30.5 Å². The summed E-state index contributed by atoms with van der Waals surface area (Å²) in [5.74, 6) is -0.0918. The predicted octanol–water partition coefficient (Wildman–Crippen LogP) is 2.03. The minimum atomic E-state index is -0.379. The normalized spacial score (nSPS) is 21.6. The van der Waals surface area contributed by atoms with Gasteiger partial charge < -0.3 is 20.8 Å². The number of carbonyl (C=O) groups excluding carboxylic acids is 1. The van der Waals surface area contributed by atoms with Gasteiger partial charge in [0.2, 0.25) is 0 Å². The first-order valence-electron chi connectivity index (χ1n) is 6.50. The standard InChI is InChI=1S/C14H17N3O2.ClH/c15-8-11-2-4-13(19-11)14(18)17-10-1-3-12-9(7-10)5-6-16-12;/h1,3,5-7,11,13,16H,2,4,8,15H2,(H,17,18);1H/t11-,13+;/m1./s1. The van der Waals surface area contributed by atoms with E-state index in [0.717, 1.165) is 29.4 Å². The molecule has 1 fully saturated rings. The van der Waals surface area contributed by atoms with Crippen molar-refractivity contribution in [2.75, 3.05) is 11.9 Å². The van der Waals surface area contributed by atoms with Gasteiger partial charge >= 0.3 is 0 Å². The number of nitrogens with two attached hydrogens (primary N) is 1. The number of aromatic nitrogens is 1. The van der Waals surface area contributed by atoms with E-state index in [0.29, 0.717) is 6.54 Å². The third kappa shape index (κ3) is 2.95. The number of halogens is 1. The predicted molar refractivity (Wildman–Crippen MR) is 81.1 cm³/mol. The summed E-state index contributed by atoms with van der Waals surface area (Å²) >= 11 is 0. The SMILES string of the molecule is Cl.NC[C@H]1CC[C@@H](C(=O)Nc2ccc3[nH]ccc3c2)O1. The lowest BCUT2D eigenvalue weighted by atomic mass is 10.2. The van der Waals surface area contributed by atoms with Crippen molar-refractivity contribution in [1.82, 2.24) is 4.98 Å². The summed E-state index contributed by atoms with van der Waals surface area (Å²) in [5.41, 5.74) is 7.38. The molecule has 1 saturated heterocycles. The second kappa shape index (κ2) is 6.26. The van der Waals surface area contributed by atoms with Crippen LogP contribution >= 0.6 is 12.4 Å². The molecule has 0 spiro atoms. The smallest absolute Gasteiger partial charge is 0.253 e. The Hall–Kier alpha value is -1.56. The lowest BCUT2D eigenvalue weighted by Gasteiger charge is -2.12. The molecule has 5 nitrogen and oxygen atoms in total. The van der Waals surface area contributed by atoms with Crippen LogP contribution in [0.1, 0.15) is 12.8 Å². The fourth-order valence-electron chi connectivity index (χ4n) is 2.43. The number of H-pyrrole nitrogens is 1. The molecule has 1 aromatic carbocycles. The van der Waals surface area contributed by atoms with Gasteiger partial charge in [-0.05, 0) is 37.1 Å². The van der Waals surface area contributed by atoms with Crippen molar-refractivity contribution in [1.29, 1.82) is 0 Å². The molecule has 6 heteroatoms. The molecule has 1 amide bonds. The van der Waals surface area contributed by atoms with Crippen molar-refractivity contribution < 1.29 is 9.53 Å². The number of benzene rings is 1. The summed E-state index contributed by atoms with van der Waals surface area (Å²) in [6.07, 6.45) is 3.10. The molecule has 0 aliphatic carbocycles. The maximum atomic E-state index is 12.1. The first-order valence-corrected chi connectivity index (χ1v) is 6.50. The van der Waals surface area contributed by atoms with Gasteiger partial charge in [0, 0.05) is 29.3 Å². The van der Waals surface area contributed by atoms with E-state index in [1.165, 1.54) is 0 Å². The Balaban J connectivity index is 0.00000147. The van der Waals surface area contributed by atoms with Gasteiger partial charge in [0.25, 0.3) is 5.91 Å². The summed E-state index contributed by atoms with van der Waals surface area (Å²) in [5, 5.41) is 3.97. The van der Waals surface area contributed by atoms with E-state index in [1.807, 2.05) is 30.5 Å². The highest BCUT2D eigenvalue weighted by Crippen LogP contribution is 2.22. The van der Waals surface area contributed by atoms with Crippen molar-refractivity contribution in [2.45, 2.75) is 25.0 Å². The molecule has 1 aliphatic heterocycles. The molecule has 20 heavy (non-hydrogen) atoms. The molecule has 1 aliphatic rings. The Morgan fingerprint density at radius 1 is 1.40 bits per heavy atom. The summed E-state index contributed by atoms with van der Waals surface area (Å²) in [4.78, 5) is 15.2. The second-order valence-electron chi connectivity index (χ2n) is 4.83. The lowest BCUT2D eigenvalue weighted by molar-refractivity contribution is -0.126. The maximum absolute atomic E-state index is 12.1. The molecule has 0 bridgehead atoms. The van der Waals surface area contributed by atoms with Crippen LogP contribution in [0.2, 0.25) is 0 Å². The highest BCUT2D eigenvalue weighted by Gasteiger charge is 2.29. The number of ether oxygens (including phenoxy) is 1. The zero-order chi connectivity index (χ0) is 13.2. The van der Waals surface area contributed by atoms with Crippen LogP contribution in [0.25, 0.3) is 10.9 Å². The molecule has 3 rings (SSSR count). The molecular weight excluding hydrogens is 278 g/mol. The molecule has 2 aromatic rings. The molecule has 0 radical (unpaired) electrons. The van der Waals surface area contributed by atoms with E-state index in [9.17, 15) is 4.79 Å². The fourth-order valence-corrected chi connectivity index (χ4v) is 2.43. The van der Waals surface area contributed by atoms with Gasteiger partial charge in [0.1, 0.15) is 6.10 Å². The number of nitrogens with one attached hydrogen (secondary N) is 2. The third-order valence-corrected chi connectivity index (χ3v) is 3.48. The highest BCUT2D eigenvalue weighted by atomic mass is 35.5. The topological polar surface area (TPSA) is 80.1 Å². The first kappa shape index (κ1) is 14.8. The number of anilines is 1. The summed E-state index contributed by atoms with van der Waals surface area (Å²) in [6, 6.07) is 7.75. The van der Waals surface area contributed by atoms with Crippen LogP contribution in [0.4, 0.5) is 5.69 Å². The van der Waals surface area contributed by atoms with Crippen LogP contribution in [0.5, 0.6) is 0 Å². The number of amides is 1. The molecule has 4 N–H and O–H groups in total. The minimum Gasteiger partial charge on any atom is -0.364 e. The van der Waals surface area contributed by atoms with Gasteiger partial charge in [-0.3, -0.25) is 4.79 Å². The molecule has 0 saturated carbocycles. The summed E-state index contributed by atoms with van der Waals surface area (Å²) in [7, 11) is 0. The van der Waals surface area contributed by atoms with Crippen LogP contribution in [0.3, 0.4) is 0 Å². The molecular formula is C14H18ClN3O2. The van der Waals surface area contributed by atoms with Crippen LogP contribution in [0, 0.1) is 0 Å². The summed E-state index contributed by atoms with van der Waals surface area (Å²) < 4.78 is 5.57. The number of hydrogen-bond donors (Lipinski definition) is 3. The van der Waals surface area contributed by atoms with E-state index in [2.05, 4.69) is 10.3 Å². The van der Waals surface area contributed by atoms with Gasteiger partial charge in [-0.15, -0.1) is 12.4 Å². The average molecular weight is 296 g/mol. The summed E-state index contributed by atoms with van der Waals surface area (Å²) in [6.45, 7) is 0.471. The average Bonchev–Trinajstić information content (AvgIpc) is 3.06. The largest absolute Gasteiger partial charge is 0.364 e. The van der Waals surface area contributed by atoms with Gasteiger partial charge in [0.15, 0.2) is 0 Å². The Kier molecular flexibility index (Phi) is 4.65. The third-order valence-electron chi connectivity index (χ3n) is 3.48. The van der Waals surface area contributed by atoms with Crippen molar-refractivity contribution in [3.63, 3.8) is 0 Å². The molecule has 1 aromatic heterocycles. The first-order chi connectivity index (χ1) is 9.26. The molecule has 108 valence electrons. The minimum absolute atomic E-state index is 0. The molecule has 0 unspecified atom stereocenters. The van der Waals surface area contributed by atoms with E-state index in [1.54, 1.807) is 0 Å². The quantitative estimate of drug-likeness (QED) is 0.810. The van der Waals surface area contributed by atoms with E-state index in [4.69, 9.17) is 10.5 Å². The van der Waals surface area contributed by atoms with E-state index < -0.39 is 0 Å². The van der Waals surface area contributed by atoms with Gasteiger partial charge in [-0.2, -0.15) is 0 Å². The second-order valence-corrected chi connectivity index (χ2v) is 4.83. The van der Waals surface area contributed by atoms with E-state index >= 15 is 0 Å². The van der Waals surface area contributed by atoms with Crippen molar-refractivity contribution in [2.24, 2.45) is 5.73 Å². The number of aromatic amines is 1. The van der Waals surface area contributed by atoms with Gasteiger partial charge in [0.05, 0.1) is 6.10 Å². The Morgan fingerprint density at radius 3 is 3.00 bits per heavy atom. The van der Waals surface area contributed by atoms with Crippen LogP contribution < -0.4 is 11.1 Å².